The van der Waals surface area contributed by atoms with Crippen LogP contribution in [0.15, 0.2) is 24.3 Å². The molecule has 0 heterocycles. The van der Waals surface area contributed by atoms with Crippen LogP contribution in [0.2, 0.25) is 0 Å². The Morgan fingerprint density at radius 3 is 2.64 bits per heavy atom. The van der Waals surface area contributed by atoms with Crippen molar-refractivity contribution in [1.29, 1.82) is 0 Å². The monoisotopic (exact) mass is 190 g/mol. The predicted molar refractivity (Wildman–Crippen MR) is 58.6 cm³/mol. The van der Waals surface area contributed by atoms with Crippen molar-refractivity contribution in [3.63, 3.8) is 0 Å². The molecule has 1 aliphatic rings. The minimum absolute atomic E-state index is 0.796. The second kappa shape index (κ2) is 4.04. The fraction of sp³-hybridized carbons (Fsp3) is 0.538. The molecule has 1 heteroatoms. The molecule has 0 bridgehead atoms. The lowest BCUT2D eigenvalue weighted by Gasteiger charge is -2.32. The number of hydrogen-bond acceptors (Lipinski definition) is 1. The molecule has 1 aliphatic carbocycles. The molecule has 0 aliphatic heterocycles. The molecular formula is C13H18O. The van der Waals surface area contributed by atoms with Crippen molar-refractivity contribution in [2.75, 3.05) is 6.61 Å². The van der Waals surface area contributed by atoms with Crippen LogP contribution in [0, 0.1) is 18.8 Å². The lowest BCUT2D eigenvalue weighted by molar-refractivity contribution is 0.130. The van der Waals surface area contributed by atoms with E-state index >= 15 is 0 Å². The summed E-state index contributed by atoms with van der Waals surface area (Å²) in [6.45, 7) is 5.30. The minimum atomic E-state index is 0.796. The Morgan fingerprint density at radius 2 is 2.00 bits per heavy atom. The topological polar surface area (TPSA) is 9.23 Å². The van der Waals surface area contributed by atoms with E-state index in [9.17, 15) is 0 Å². The van der Waals surface area contributed by atoms with Gasteiger partial charge in [0.05, 0.1) is 6.61 Å². The molecule has 0 amide bonds. The fourth-order valence-electron chi connectivity index (χ4n) is 2.13. The molecule has 1 saturated carbocycles. The van der Waals surface area contributed by atoms with E-state index in [1.165, 1.54) is 18.4 Å². The maximum Gasteiger partial charge on any atom is 0.122 e. The smallest absolute Gasteiger partial charge is 0.122 e. The first kappa shape index (κ1) is 9.57. The second-order valence-corrected chi connectivity index (χ2v) is 4.52. The highest BCUT2D eigenvalue weighted by Crippen LogP contribution is 2.33. The van der Waals surface area contributed by atoms with Gasteiger partial charge >= 0.3 is 0 Å². The van der Waals surface area contributed by atoms with Gasteiger partial charge in [-0.2, -0.15) is 0 Å². The van der Waals surface area contributed by atoms with Gasteiger partial charge in [-0.3, -0.25) is 0 Å². The van der Waals surface area contributed by atoms with Gasteiger partial charge in [0.1, 0.15) is 5.75 Å². The summed E-state index contributed by atoms with van der Waals surface area (Å²) in [5.41, 5.74) is 1.24. The van der Waals surface area contributed by atoms with Gasteiger partial charge in [-0.05, 0) is 43.2 Å². The third-order valence-corrected chi connectivity index (χ3v) is 3.04. The first-order valence-electron chi connectivity index (χ1n) is 5.44. The summed E-state index contributed by atoms with van der Waals surface area (Å²) in [5.74, 6) is 2.76. The third-order valence-electron chi connectivity index (χ3n) is 3.04. The maximum atomic E-state index is 5.79. The van der Waals surface area contributed by atoms with Crippen molar-refractivity contribution in [1.82, 2.24) is 0 Å². The maximum absolute atomic E-state index is 5.79. The van der Waals surface area contributed by atoms with Crippen molar-refractivity contribution in [3.05, 3.63) is 29.8 Å². The number of hydrogen-bond donors (Lipinski definition) is 0. The zero-order valence-electron chi connectivity index (χ0n) is 8.99. The Balaban J connectivity index is 1.83. The van der Waals surface area contributed by atoms with E-state index in [-0.39, 0.29) is 0 Å². The van der Waals surface area contributed by atoms with Crippen LogP contribution in [0.25, 0.3) is 0 Å². The lowest BCUT2D eigenvalue weighted by Crippen LogP contribution is -2.26. The van der Waals surface area contributed by atoms with Gasteiger partial charge < -0.3 is 4.74 Å². The van der Waals surface area contributed by atoms with Crippen LogP contribution in [0.4, 0.5) is 0 Å². The van der Waals surface area contributed by atoms with Crippen molar-refractivity contribution in [2.45, 2.75) is 26.7 Å². The highest BCUT2D eigenvalue weighted by molar-refractivity contribution is 5.31. The van der Waals surface area contributed by atoms with E-state index in [1.807, 2.05) is 12.1 Å². The molecule has 2 rings (SSSR count). The van der Waals surface area contributed by atoms with Crippen molar-refractivity contribution < 1.29 is 4.74 Å². The molecule has 0 N–H and O–H groups in total. The molecule has 0 spiro atoms. The van der Waals surface area contributed by atoms with Crippen LogP contribution >= 0.6 is 0 Å². The van der Waals surface area contributed by atoms with Crippen LogP contribution < -0.4 is 4.74 Å². The Morgan fingerprint density at radius 1 is 1.29 bits per heavy atom. The quantitative estimate of drug-likeness (QED) is 0.709. The van der Waals surface area contributed by atoms with Gasteiger partial charge in [-0.1, -0.05) is 25.1 Å². The van der Waals surface area contributed by atoms with Crippen LogP contribution in [0.5, 0.6) is 5.75 Å². The van der Waals surface area contributed by atoms with Gasteiger partial charge in [0.15, 0.2) is 0 Å². The van der Waals surface area contributed by atoms with Gasteiger partial charge in [0.2, 0.25) is 0 Å². The summed E-state index contributed by atoms with van der Waals surface area (Å²) < 4.78 is 5.79. The highest BCUT2D eigenvalue weighted by Gasteiger charge is 2.25. The largest absolute Gasteiger partial charge is 0.493 e. The Bertz CT molecular complexity index is 300. The standard InChI is InChI=1S/C13H18O/c1-10-7-12(8-10)9-14-13-6-4-3-5-11(13)2/h3-6,10,12H,7-9H2,1-2H3. The number of rotatable bonds is 3. The van der Waals surface area contributed by atoms with E-state index in [2.05, 4.69) is 26.0 Å². The molecule has 76 valence electrons. The summed E-state index contributed by atoms with van der Waals surface area (Å²) in [5, 5.41) is 0. The van der Waals surface area contributed by atoms with Crippen LogP contribution in [-0.4, -0.2) is 6.61 Å². The fourth-order valence-corrected chi connectivity index (χ4v) is 2.13. The van der Waals surface area contributed by atoms with E-state index in [0.29, 0.717) is 0 Å². The number of para-hydroxylation sites is 1. The molecular weight excluding hydrogens is 172 g/mol. The van der Waals surface area contributed by atoms with E-state index in [4.69, 9.17) is 4.74 Å². The van der Waals surface area contributed by atoms with Crippen LogP contribution in [0.1, 0.15) is 25.3 Å². The Hall–Kier alpha value is -0.980. The Labute approximate surface area is 86.1 Å². The summed E-state index contributed by atoms with van der Waals surface area (Å²) in [6.07, 6.45) is 2.68. The van der Waals surface area contributed by atoms with E-state index < -0.39 is 0 Å². The second-order valence-electron chi connectivity index (χ2n) is 4.52. The molecule has 0 aromatic heterocycles. The number of benzene rings is 1. The SMILES string of the molecule is Cc1ccccc1OCC1CC(C)C1. The molecule has 1 aromatic rings. The first-order chi connectivity index (χ1) is 6.75. The zero-order chi connectivity index (χ0) is 9.97. The van der Waals surface area contributed by atoms with Gasteiger partial charge in [0, 0.05) is 0 Å². The third kappa shape index (κ3) is 2.09. The molecule has 1 aromatic carbocycles. The average molecular weight is 190 g/mol. The van der Waals surface area contributed by atoms with Gasteiger partial charge in [-0.15, -0.1) is 0 Å². The van der Waals surface area contributed by atoms with Gasteiger partial charge in [0.25, 0.3) is 0 Å². The lowest BCUT2D eigenvalue weighted by atomic mass is 9.77. The molecule has 1 nitrogen and oxygen atoms in total. The zero-order valence-corrected chi connectivity index (χ0v) is 8.99. The summed E-state index contributed by atoms with van der Waals surface area (Å²) >= 11 is 0. The van der Waals surface area contributed by atoms with Gasteiger partial charge in [-0.25, -0.2) is 0 Å². The average Bonchev–Trinajstić information content (AvgIpc) is 2.13. The predicted octanol–water partition coefficient (Wildman–Crippen LogP) is 3.42. The van der Waals surface area contributed by atoms with E-state index in [0.717, 1.165) is 24.2 Å². The highest BCUT2D eigenvalue weighted by atomic mass is 16.5. The first-order valence-corrected chi connectivity index (χ1v) is 5.44. The van der Waals surface area contributed by atoms with Crippen molar-refractivity contribution in [3.8, 4) is 5.75 Å². The molecule has 0 saturated heterocycles. The minimum Gasteiger partial charge on any atom is -0.493 e. The molecule has 0 radical (unpaired) electrons. The van der Waals surface area contributed by atoms with Crippen molar-refractivity contribution in [2.24, 2.45) is 11.8 Å². The molecule has 0 unspecified atom stereocenters. The number of ether oxygens (including phenoxy) is 1. The molecule has 1 fully saturated rings. The number of aryl methyl sites for hydroxylation is 1. The summed E-state index contributed by atoms with van der Waals surface area (Å²) in [6, 6.07) is 8.23. The molecule has 0 atom stereocenters. The summed E-state index contributed by atoms with van der Waals surface area (Å²) in [4.78, 5) is 0. The van der Waals surface area contributed by atoms with Crippen LogP contribution in [0.3, 0.4) is 0 Å². The van der Waals surface area contributed by atoms with Crippen LogP contribution in [-0.2, 0) is 0 Å². The van der Waals surface area contributed by atoms with E-state index in [1.54, 1.807) is 0 Å². The summed E-state index contributed by atoms with van der Waals surface area (Å²) in [7, 11) is 0. The molecule has 14 heavy (non-hydrogen) atoms. The normalized spacial score (nSPS) is 25.6. The Kier molecular flexibility index (Phi) is 2.76. The van der Waals surface area contributed by atoms with Crippen molar-refractivity contribution >= 4 is 0 Å².